The molecule has 6 atom stereocenters. The number of esters is 4. The molecule has 8 heteroatoms. The molecule has 0 N–H and O–H groups in total. The first-order valence-corrected chi connectivity index (χ1v) is 9.72. The minimum absolute atomic E-state index is 0.0253. The van der Waals surface area contributed by atoms with Gasteiger partial charge >= 0.3 is 23.9 Å². The standard InChI is InChI=1S/C20H24O8/c1-7(21)27-5-19-13-11-9(17(23)25-3)10(18(24)26-4)12(14(13)19)16-15(11)20(16,19)6-28-8(2)22/h9-16H,5-6H2,1-4H3. The fourth-order valence-electron chi connectivity index (χ4n) is 8.37. The quantitative estimate of drug-likeness (QED) is 0.473. The molecule has 6 aliphatic carbocycles. The zero-order valence-corrected chi connectivity index (χ0v) is 16.3. The van der Waals surface area contributed by atoms with Crippen molar-refractivity contribution in [2.24, 2.45) is 58.2 Å². The summed E-state index contributed by atoms with van der Waals surface area (Å²) in [4.78, 5) is 48.4. The van der Waals surface area contributed by atoms with E-state index in [4.69, 9.17) is 18.9 Å². The molecule has 0 amide bonds. The third-order valence-electron chi connectivity index (χ3n) is 8.65. The summed E-state index contributed by atoms with van der Waals surface area (Å²) < 4.78 is 21.0. The van der Waals surface area contributed by atoms with Crippen LogP contribution in [0.15, 0.2) is 0 Å². The lowest BCUT2D eigenvalue weighted by Crippen LogP contribution is -2.51. The Morgan fingerprint density at radius 1 is 0.679 bits per heavy atom. The normalized spacial score (nSPS) is 49.9. The van der Waals surface area contributed by atoms with Gasteiger partial charge < -0.3 is 18.9 Å². The van der Waals surface area contributed by atoms with Crippen LogP contribution in [0.5, 0.6) is 0 Å². The van der Waals surface area contributed by atoms with Gasteiger partial charge in [0.05, 0.1) is 39.3 Å². The molecule has 8 nitrogen and oxygen atoms in total. The molecular formula is C20H24O8. The summed E-state index contributed by atoms with van der Waals surface area (Å²) in [6.07, 6.45) is 0. The van der Waals surface area contributed by atoms with Crippen molar-refractivity contribution in [3.05, 3.63) is 0 Å². The molecule has 2 bridgehead atoms. The molecule has 0 radical (unpaired) electrons. The van der Waals surface area contributed by atoms with E-state index in [-0.39, 0.29) is 83.4 Å². The summed E-state index contributed by atoms with van der Waals surface area (Å²) in [7, 11) is 2.67. The highest BCUT2D eigenvalue weighted by atomic mass is 16.5. The Bertz CT molecular complexity index is 716. The summed E-state index contributed by atoms with van der Waals surface area (Å²) in [5, 5.41) is 0. The van der Waals surface area contributed by atoms with E-state index in [9.17, 15) is 19.2 Å². The number of hydrogen-bond acceptors (Lipinski definition) is 8. The minimum Gasteiger partial charge on any atom is -0.469 e. The predicted octanol–water partition coefficient (Wildman–Crippen LogP) is 0.429. The fraction of sp³-hybridized carbons (Fsp3) is 0.800. The highest BCUT2D eigenvalue weighted by Crippen LogP contribution is 3.03. The summed E-state index contributed by atoms with van der Waals surface area (Å²) >= 11 is 0. The van der Waals surface area contributed by atoms with Crippen LogP contribution in [-0.2, 0) is 38.1 Å². The van der Waals surface area contributed by atoms with Crippen LogP contribution in [-0.4, -0.2) is 51.3 Å². The Labute approximate surface area is 162 Å². The van der Waals surface area contributed by atoms with Crippen LogP contribution >= 0.6 is 0 Å². The van der Waals surface area contributed by atoms with Gasteiger partial charge in [-0.25, -0.2) is 0 Å². The van der Waals surface area contributed by atoms with Gasteiger partial charge in [0.1, 0.15) is 0 Å². The highest BCUT2D eigenvalue weighted by molar-refractivity contribution is 5.85. The molecule has 0 heterocycles. The lowest BCUT2D eigenvalue weighted by molar-refractivity contribution is -0.171. The lowest BCUT2D eigenvalue weighted by atomic mass is 9.58. The third kappa shape index (κ3) is 1.66. The van der Waals surface area contributed by atoms with Crippen molar-refractivity contribution in [3.8, 4) is 0 Å². The summed E-state index contributed by atoms with van der Waals surface area (Å²) in [5.41, 5.74) is -0.623. The smallest absolute Gasteiger partial charge is 0.309 e. The van der Waals surface area contributed by atoms with Crippen molar-refractivity contribution in [1.82, 2.24) is 0 Å². The van der Waals surface area contributed by atoms with E-state index in [2.05, 4.69) is 0 Å². The summed E-state index contributed by atoms with van der Waals surface area (Å²) in [6, 6.07) is 0. The minimum atomic E-state index is -0.550. The molecule has 0 spiro atoms. The van der Waals surface area contributed by atoms with E-state index in [1.165, 1.54) is 28.1 Å². The van der Waals surface area contributed by atoms with Gasteiger partial charge in [-0.1, -0.05) is 0 Å². The number of fused-ring (bicyclic) bond motifs is 1. The monoisotopic (exact) mass is 392 g/mol. The van der Waals surface area contributed by atoms with Gasteiger partial charge in [0.15, 0.2) is 0 Å². The number of ether oxygens (including phenoxy) is 4. The van der Waals surface area contributed by atoms with Crippen LogP contribution in [0.3, 0.4) is 0 Å². The van der Waals surface area contributed by atoms with Crippen LogP contribution in [0.25, 0.3) is 0 Å². The number of methoxy groups -OCH3 is 2. The van der Waals surface area contributed by atoms with Crippen molar-refractivity contribution < 1.29 is 38.1 Å². The van der Waals surface area contributed by atoms with Gasteiger partial charge in [-0.2, -0.15) is 0 Å². The Hall–Kier alpha value is -2.12. The second kappa shape index (κ2) is 5.27. The van der Waals surface area contributed by atoms with E-state index in [0.717, 1.165) is 0 Å². The molecule has 6 saturated carbocycles. The molecule has 0 aromatic carbocycles. The molecule has 0 saturated heterocycles. The Balaban J connectivity index is 1.57. The Kier molecular flexibility index (Phi) is 3.38. The molecule has 0 aliphatic heterocycles. The molecule has 6 aliphatic rings. The maximum absolute atomic E-state index is 12.7. The number of hydrogen-bond donors (Lipinski definition) is 0. The topological polar surface area (TPSA) is 105 Å². The zero-order valence-electron chi connectivity index (χ0n) is 16.3. The Morgan fingerprint density at radius 2 is 1.00 bits per heavy atom. The average Bonchev–Trinajstić information content (AvgIpc) is 3.51. The number of carbonyl (C=O) groups is 4. The maximum Gasteiger partial charge on any atom is 0.309 e. The first-order valence-electron chi connectivity index (χ1n) is 9.72. The molecule has 6 rings (SSSR count). The van der Waals surface area contributed by atoms with E-state index in [1.54, 1.807) is 0 Å². The molecule has 0 aromatic heterocycles. The lowest BCUT2D eigenvalue weighted by Gasteiger charge is -2.44. The van der Waals surface area contributed by atoms with Crippen LogP contribution in [0, 0.1) is 58.2 Å². The second-order valence-electron chi connectivity index (χ2n) is 9.00. The van der Waals surface area contributed by atoms with E-state index < -0.39 is 11.8 Å². The van der Waals surface area contributed by atoms with Crippen LogP contribution < -0.4 is 0 Å². The van der Waals surface area contributed by atoms with Crippen molar-refractivity contribution in [2.75, 3.05) is 27.4 Å². The molecule has 28 heavy (non-hydrogen) atoms. The summed E-state index contributed by atoms with van der Waals surface area (Å²) in [6.45, 7) is 3.25. The molecular weight excluding hydrogens is 368 g/mol. The van der Waals surface area contributed by atoms with Gasteiger partial charge in [-0.3, -0.25) is 19.2 Å². The second-order valence-corrected chi connectivity index (χ2v) is 9.00. The van der Waals surface area contributed by atoms with Crippen molar-refractivity contribution in [1.29, 1.82) is 0 Å². The van der Waals surface area contributed by atoms with E-state index >= 15 is 0 Å². The van der Waals surface area contributed by atoms with Gasteiger partial charge in [0.25, 0.3) is 0 Å². The Morgan fingerprint density at radius 3 is 1.25 bits per heavy atom. The molecule has 6 unspecified atom stereocenters. The van der Waals surface area contributed by atoms with Gasteiger partial charge in [0, 0.05) is 24.7 Å². The first kappa shape index (κ1) is 17.9. The fourth-order valence-corrected chi connectivity index (χ4v) is 8.37. The van der Waals surface area contributed by atoms with Gasteiger partial charge in [-0.05, 0) is 35.5 Å². The molecule has 152 valence electrons. The molecule has 0 aromatic rings. The van der Waals surface area contributed by atoms with Crippen LogP contribution in [0.2, 0.25) is 0 Å². The third-order valence-corrected chi connectivity index (χ3v) is 8.65. The SMILES string of the molecule is COC(=O)C1C(C(=O)OC)C2C3C4C1C1C2C1(COC(C)=O)C43COC(C)=O. The first-order chi connectivity index (χ1) is 13.3. The van der Waals surface area contributed by atoms with Gasteiger partial charge in [0.2, 0.25) is 0 Å². The maximum atomic E-state index is 12.7. The number of rotatable bonds is 6. The van der Waals surface area contributed by atoms with Crippen molar-refractivity contribution in [2.45, 2.75) is 13.8 Å². The highest BCUT2D eigenvalue weighted by Gasteiger charge is 3.05. The number of carbonyl (C=O) groups excluding carboxylic acids is 4. The van der Waals surface area contributed by atoms with Crippen molar-refractivity contribution >= 4 is 23.9 Å². The van der Waals surface area contributed by atoms with Gasteiger partial charge in [-0.15, -0.1) is 0 Å². The zero-order chi connectivity index (χ0) is 20.2. The van der Waals surface area contributed by atoms with Crippen LogP contribution in [0.1, 0.15) is 13.8 Å². The molecule has 6 fully saturated rings. The van der Waals surface area contributed by atoms with Crippen LogP contribution in [0.4, 0.5) is 0 Å². The summed E-state index contributed by atoms with van der Waals surface area (Å²) in [5.74, 6) is -1.88. The van der Waals surface area contributed by atoms with Crippen molar-refractivity contribution in [3.63, 3.8) is 0 Å². The van der Waals surface area contributed by atoms with E-state index in [0.29, 0.717) is 0 Å². The predicted molar refractivity (Wildman–Crippen MR) is 90.1 cm³/mol. The average molecular weight is 392 g/mol. The van der Waals surface area contributed by atoms with E-state index in [1.807, 2.05) is 0 Å². The largest absolute Gasteiger partial charge is 0.469 e.